The second-order valence-corrected chi connectivity index (χ2v) is 11.3. The highest BCUT2D eigenvalue weighted by Gasteiger charge is 2.49. The van der Waals surface area contributed by atoms with E-state index in [9.17, 15) is 28.7 Å². The summed E-state index contributed by atoms with van der Waals surface area (Å²) in [6, 6.07) is 10.6. The second kappa shape index (κ2) is 11.6. The summed E-state index contributed by atoms with van der Waals surface area (Å²) >= 11 is 0. The van der Waals surface area contributed by atoms with Crippen LogP contribution in [-0.4, -0.2) is 50.1 Å². The van der Waals surface area contributed by atoms with Crippen LogP contribution in [0.15, 0.2) is 53.3 Å². The number of aromatic nitrogens is 2. The van der Waals surface area contributed by atoms with Gasteiger partial charge in [-0.3, -0.25) is 19.2 Å². The van der Waals surface area contributed by atoms with Crippen molar-refractivity contribution in [2.75, 3.05) is 0 Å². The van der Waals surface area contributed by atoms with E-state index < -0.39 is 47.1 Å². The van der Waals surface area contributed by atoms with Gasteiger partial charge in [0.15, 0.2) is 0 Å². The lowest BCUT2D eigenvalue weighted by atomic mass is 9.83. The molecule has 216 valence electrons. The first-order chi connectivity index (χ1) is 19.3. The fourth-order valence-electron chi connectivity index (χ4n) is 5.51. The molecule has 3 N–H and O–H groups in total. The minimum atomic E-state index is -1.26. The van der Waals surface area contributed by atoms with Crippen LogP contribution in [0.4, 0.5) is 4.39 Å². The summed E-state index contributed by atoms with van der Waals surface area (Å²) < 4.78 is 14.1. The Bertz CT molecular complexity index is 1550. The summed E-state index contributed by atoms with van der Waals surface area (Å²) in [5.74, 6) is -2.39. The number of aliphatic carboxylic acids is 1. The number of hydrogen-bond acceptors (Lipinski definition) is 5. The number of nitrogens with one attached hydrogen (secondary N) is 2. The molecule has 1 aliphatic rings. The van der Waals surface area contributed by atoms with Crippen LogP contribution in [0, 0.1) is 25.1 Å². The first-order valence-electron chi connectivity index (χ1n) is 13.6. The van der Waals surface area contributed by atoms with Gasteiger partial charge in [-0.2, -0.15) is 5.10 Å². The Hall–Kier alpha value is -4.34. The molecule has 3 aromatic rings. The van der Waals surface area contributed by atoms with Gasteiger partial charge in [-0.15, -0.1) is 0 Å². The van der Waals surface area contributed by atoms with Crippen molar-refractivity contribution >= 4 is 17.8 Å². The first kappa shape index (κ1) is 29.6. The zero-order valence-corrected chi connectivity index (χ0v) is 23.8. The molecule has 0 bridgehead atoms. The summed E-state index contributed by atoms with van der Waals surface area (Å²) in [6.07, 6.45) is 1.27. The van der Waals surface area contributed by atoms with Crippen molar-refractivity contribution in [3.63, 3.8) is 0 Å². The van der Waals surface area contributed by atoms with Crippen LogP contribution in [0.3, 0.4) is 0 Å². The average molecular weight is 563 g/mol. The fourth-order valence-corrected chi connectivity index (χ4v) is 5.51. The SMILES string of the molecule is Cc1cc(Cc2ccc(C(=O)N[C@H](C)C(=O)N3[C@H](c4cccc(F)c4)CC[C@@H]3C(C)(C)C(=O)O)cc2C)c(=O)[nH]n1. The van der Waals surface area contributed by atoms with Crippen LogP contribution >= 0.6 is 0 Å². The zero-order chi connectivity index (χ0) is 30.1. The van der Waals surface area contributed by atoms with Gasteiger partial charge in [0.05, 0.1) is 17.2 Å². The third kappa shape index (κ3) is 6.21. The van der Waals surface area contributed by atoms with Crippen LogP contribution in [0.25, 0.3) is 0 Å². The molecule has 0 radical (unpaired) electrons. The number of H-pyrrole nitrogens is 1. The van der Waals surface area contributed by atoms with Crippen molar-refractivity contribution in [1.82, 2.24) is 20.4 Å². The smallest absolute Gasteiger partial charge is 0.311 e. The van der Waals surface area contributed by atoms with Crippen molar-refractivity contribution in [2.45, 2.75) is 72.0 Å². The van der Waals surface area contributed by atoms with Gasteiger partial charge < -0.3 is 15.3 Å². The quantitative estimate of drug-likeness (QED) is 0.379. The summed E-state index contributed by atoms with van der Waals surface area (Å²) in [4.78, 5) is 52.8. The predicted octanol–water partition coefficient (Wildman–Crippen LogP) is 4.08. The van der Waals surface area contributed by atoms with E-state index in [0.29, 0.717) is 41.6 Å². The number of aryl methyl sites for hydroxylation is 2. The maximum Gasteiger partial charge on any atom is 0.311 e. The number of amides is 2. The molecule has 10 heteroatoms. The van der Waals surface area contributed by atoms with E-state index in [-0.39, 0.29) is 5.56 Å². The van der Waals surface area contributed by atoms with E-state index in [1.165, 1.54) is 17.0 Å². The Kier molecular flexibility index (Phi) is 8.42. The number of carbonyl (C=O) groups is 3. The van der Waals surface area contributed by atoms with Gasteiger partial charge in [0.1, 0.15) is 11.9 Å². The fraction of sp³-hybridized carbons (Fsp3) is 0.387. The van der Waals surface area contributed by atoms with Gasteiger partial charge in [0, 0.05) is 23.6 Å². The van der Waals surface area contributed by atoms with Crippen LogP contribution in [0.5, 0.6) is 0 Å². The molecule has 0 saturated carbocycles. The molecule has 1 saturated heterocycles. The van der Waals surface area contributed by atoms with Gasteiger partial charge in [-0.05, 0) is 94.5 Å². The van der Waals surface area contributed by atoms with Gasteiger partial charge in [0.2, 0.25) is 5.91 Å². The number of carbonyl (C=O) groups excluding carboxylic acids is 2. The Morgan fingerprint density at radius 2 is 1.85 bits per heavy atom. The monoisotopic (exact) mass is 562 g/mol. The van der Waals surface area contributed by atoms with E-state index in [4.69, 9.17) is 0 Å². The molecule has 1 fully saturated rings. The molecule has 0 aliphatic carbocycles. The Labute approximate surface area is 237 Å². The maximum absolute atomic E-state index is 14.1. The number of carboxylic acids is 1. The minimum absolute atomic E-state index is 0.271. The summed E-state index contributed by atoms with van der Waals surface area (Å²) in [5, 5.41) is 19.0. The van der Waals surface area contributed by atoms with Gasteiger partial charge in [-0.25, -0.2) is 9.49 Å². The highest BCUT2D eigenvalue weighted by atomic mass is 19.1. The van der Waals surface area contributed by atoms with Crippen LogP contribution in [-0.2, 0) is 16.0 Å². The Morgan fingerprint density at radius 1 is 1.12 bits per heavy atom. The van der Waals surface area contributed by atoms with Crippen molar-refractivity contribution < 1.29 is 23.9 Å². The topological polar surface area (TPSA) is 132 Å². The number of carboxylic acid groups (broad SMARTS) is 1. The highest BCUT2D eigenvalue weighted by molar-refractivity contribution is 5.98. The lowest BCUT2D eigenvalue weighted by Gasteiger charge is -2.39. The van der Waals surface area contributed by atoms with Gasteiger partial charge in [-0.1, -0.05) is 18.2 Å². The van der Waals surface area contributed by atoms with Crippen molar-refractivity contribution in [3.8, 4) is 0 Å². The van der Waals surface area contributed by atoms with Crippen molar-refractivity contribution in [2.24, 2.45) is 5.41 Å². The standard InChI is InChI=1S/C31H35FN4O5/c1-17-13-22(10-9-20(17)15-23-14-18(2)34-35-28(23)38)27(37)33-19(3)29(39)36-25(21-7-6-8-24(32)16-21)11-12-26(36)31(4,5)30(40)41/h6-10,13-14,16,19,25-26H,11-12,15H2,1-5H3,(H,33,37)(H,35,38)(H,40,41)/t19-,25+,26-/m1/s1. The average Bonchev–Trinajstić information content (AvgIpc) is 3.37. The normalized spacial score (nSPS) is 17.8. The molecular formula is C31H35FN4O5. The molecule has 2 heterocycles. The summed E-state index contributed by atoms with van der Waals surface area (Å²) in [6.45, 7) is 8.34. The number of nitrogens with zero attached hydrogens (tertiary/aromatic N) is 2. The summed E-state index contributed by atoms with van der Waals surface area (Å²) in [7, 11) is 0. The number of likely N-dealkylation sites (tertiary alicyclic amines) is 1. The molecule has 2 amide bonds. The van der Waals surface area contributed by atoms with E-state index >= 15 is 0 Å². The van der Waals surface area contributed by atoms with E-state index in [0.717, 1.165) is 11.1 Å². The molecule has 0 unspecified atom stereocenters. The van der Waals surface area contributed by atoms with Crippen molar-refractivity contribution in [3.05, 3.63) is 98.2 Å². The van der Waals surface area contributed by atoms with Crippen LogP contribution < -0.4 is 10.9 Å². The largest absolute Gasteiger partial charge is 0.481 e. The predicted molar refractivity (Wildman–Crippen MR) is 151 cm³/mol. The molecular weight excluding hydrogens is 527 g/mol. The lowest BCUT2D eigenvalue weighted by molar-refractivity contribution is -0.153. The van der Waals surface area contributed by atoms with E-state index in [1.807, 2.05) is 6.92 Å². The molecule has 41 heavy (non-hydrogen) atoms. The highest BCUT2D eigenvalue weighted by Crippen LogP contribution is 2.44. The zero-order valence-electron chi connectivity index (χ0n) is 23.8. The third-order valence-corrected chi connectivity index (χ3v) is 7.97. The molecule has 4 rings (SSSR count). The number of halogens is 1. The summed E-state index contributed by atoms with van der Waals surface area (Å²) in [5.41, 5.74) is 2.32. The minimum Gasteiger partial charge on any atom is -0.481 e. The Balaban J connectivity index is 1.55. The van der Waals surface area contributed by atoms with E-state index in [2.05, 4.69) is 15.5 Å². The number of rotatable bonds is 8. The third-order valence-electron chi connectivity index (χ3n) is 7.97. The molecule has 1 aromatic heterocycles. The number of aromatic amines is 1. The van der Waals surface area contributed by atoms with Gasteiger partial charge in [0.25, 0.3) is 11.5 Å². The molecule has 3 atom stereocenters. The van der Waals surface area contributed by atoms with Crippen LogP contribution in [0.2, 0.25) is 0 Å². The van der Waals surface area contributed by atoms with Gasteiger partial charge >= 0.3 is 5.97 Å². The molecule has 1 aliphatic heterocycles. The lowest BCUT2D eigenvalue weighted by Crippen LogP contribution is -2.54. The van der Waals surface area contributed by atoms with Crippen LogP contribution in [0.1, 0.15) is 78.0 Å². The number of benzene rings is 2. The molecule has 9 nitrogen and oxygen atoms in total. The van der Waals surface area contributed by atoms with E-state index in [1.54, 1.807) is 64.1 Å². The first-order valence-corrected chi connectivity index (χ1v) is 13.6. The maximum atomic E-state index is 14.1. The second-order valence-electron chi connectivity index (χ2n) is 11.3. The molecule has 2 aromatic carbocycles. The van der Waals surface area contributed by atoms with Crippen molar-refractivity contribution in [1.29, 1.82) is 0 Å². The Morgan fingerprint density at radius 3 is 2.51 bits per heavy atom. The number of hydrogen-bond donors (Lipinski definition) is 3. The molecule has 0 spiro atoms.